The Morgan fingerprint density at radius 2 is 0.952 bits per heavy atom. The van der Waals surface area contributed by atoms with Crippen LogP contribution in [0.25, 0.3) is 0 Å². The average Bonchev–Trinajstić information content (AvgIpc) is 4.16. The van der Waals surface area contributed by atoms with E-state index >= 15 is 0 Å². The maximum atomic E-state index is 14.0. The lowest BCUT2D eigenvalue weighted by Gasteiger charge is -2.18. The predicted molar refractivity (Wildman–Crippen MR) is 245 cm³/mol. The standard InChI is InChI=1S/C52H69N5O6/c1-3-4-5-6-7-8-9-10-11-12-13-20-25-48(58)53-46-34-57(35-47(46)63-2)52(62)39-28-26-38(27-29-39)51(61)56-32-42(49(59)54-44-30-40(44)36-21-16-14-17-22-36)43(33-56)50(60)55-45-31-41(45)37-23-18-15-19-24-37/h14-19,21-24,26-29,40-47H,3-13,20,25,30-35H2,1-2H3,(H,53,58)(H,54,59)(H,55,60)/t40-,41-,42-,43?,44+,45+,46+,47+/m1/s1. The number of hydrogen-bond donors (Lipinski definition) is 3. The Balaban J connectivity index is 0.886. The Bertz CT molecular complexity index is 1900. The molecule has 4 fully saturated rings. The fourth-order valence-corrected chi connectivity index (χ4v) is 9.77. The van der Waals surface area contributed by atoms with E-state index in [0.29, 0.717) is 30.6 Å². The molecule has 8 atom stereocenters. The van der Waals surface area contributed by atoms with Gasteiger partial charge in [-0.3, -0.25) is 24.0 Å². The first kappa shape index (κ1) is 46.0. The molecule has 0 bridgehead atoms. The summed E-state index contributed by atoms with van der Waals surface area (Å²) in [7, 11) is 1.60. The van der Waals surface area contributed by atoms with Crippen molar-refractivity contribution in [1.29, 1.82) is 0 Å². The Hall–Kier alpha value is -5.03. The molecule has 5 amide bonds. The van der Waals surface area contributed by atoms with Gasteiger partial charge in [-0.1, -0.05) is 138 Å². The van der Waals surface area contributed by atoms with Gasteiger partial charge in [0.05, 0.1) is 24.0 Å². The van der Waals surface area contributed by atoms with Crippen LogP contribution in [0.15, 0.2) is 84.9 Å². The van der Waals surface area contributed by atoms with E-state index in [1.54, 1.807) is 41.2 Å². The zero-order valence-electron chi connectivity index (χ0n) is 37.5. The highest BCUT2D eigenvalue weighted by Crippen LogP contribution is 2.42. The highest BCUT2D eigenvalue weighted by atomic mass is 16.5. The molecule has 0 spiro atoms. The Labute approximate surface area is 374 Å². The van der Waals surface area contributed by atoms with Gasteiger partial charge in [0.2, 0.25) is 17.7 Å². The minimum absolute atomic E-state index is 0.00488. The molecule has 2 heterocycles. The second-order valence-corrected chi connectivity index (χ2v) is 18.5. The Morgan fingerprint density at radius 1 is 0.524 bits per heavy atom. The van der Waals surface area contributed by atoms with Crippen LogP contribution in [0, 0.1) is 11.8 Å². The Morgan fingerprint density at radius 3 is 1.40 bits per heavy atom. The van der Waals surface area contributed by atoms with E-state index in [1.807, 2.05) is 36.4 Å². The van der Waals surface area contributed by atoms with E-state index in [9.17, 15) is 24.0 Å². The maximum absolute atomic E-state index is 14.0. The number of nitrogens with zero attached hydrogens (tertiary/aromatic N) is 2. The second-order valence-electron chi connectivity index (χ2n) is 18.5. The van der Waals surface area contributed by atoms with E-state index in [4.69, 9.17) is 4.74 Å². The van der Waals surface area contributed by atoms with Crippen molar-refractivity contribution in [1.82, 2.24) is 25.8 Å². The molecule has 0 aromatic heterocycles. The summed E-state index contributed by atoms with van der Waals surface area (Å²) in [6.07, 6.45) is 16.7. The number of hydrogen-bond acceptors (Lipinski definition) is 6. The molecule has 7 rings (SSSR count). The summed E-state index contributed by atoms with van der Waals surface area (Å²) in [6, 6.07) is 26.5. The minimum atomic E-state index is -0.692. The fraction of sp³-hybridized carbons (Fsp3) is 0.558. The summed E-state index contributed by atoms with van der Waals surface area (Å²) in [5.41, 5.74) is 3.16. The highest BCUT2D eigenvalue weighted by molar-refractivity contribution is 5.99. The Kier molecular flexibility index (Phi) is 16.5. The van der Waals surface area contributed by atoms with Gasteiger partial charge in [-0.05, 0) is 54.7 Å². The largest absolute Gasteiger partial charge is 0.377 e. The number of carbonyl (C=O) groups excluding carboxylic acids is 5. The smallest absolute Gasteiger partial charge is 0.254 e. The van der Waals surface area contributed by atoms with Gasteiger partial charge >= 0.3 is 0 Å². The van der Waals surface area contributed by atoms with Crippen molar-refractivity contribution < 1.29 is 28.7 Å². The van der Waals surface area contributed by atoms with Crippen molar-refractivity contribution in [2.45, 2.75) is 139 Å². The summed E-state index contributed by atoms with van der Waals surface area (Å²) in [5.74, 6) is -1.83. The third-order valence-corrected chi connectivity index (χ3v) is 13.8. The van der Waals surface area contributed by atoms with Crippen LogP contribution >= 0.6 is 0 Å². The molecule has 2 saturated heterocycles. The third kappa shape index (κ3) is 12.6. The normalized spacial score (nSPS) is 24.8. The van der Waals surface area contributed by atoms with Crippen molar-refractivity contribution >= 4 is 29.5 Å². The van der Waals surface area contributed by atoms with Gasteiger partial charge in [0.15, 0.2) is 0 Å². The fourth-order valence-electron chi connectivity index (χ4n) is 9.77. The number of methoxy groups -OCH3 is 1. The van der Waals surface area contributed by atoms with E-state index in [2.05, 4.69) is 47.1 Å². The number of likely N-dealkylation sites (tertiary alicyclic amines) is 2. The topological polar surface area (TPSA) is 137 Å². The summed E-state index contributed by atoms with van der Waals surface area (Å²) < 4.78 is 5.70. The molecule has 338 valence electrons. The molecular formula is C52H69N5O6. The number of amides is 5. The van der Waals surface area contributed by atoms with Crippen LogP contribution in [0.2, 0.25) is 0 Å². The van der Waals surface area contributed by atoms with Gasteiger partial charge < -0.3 is 30.5 Å². The van der Waals surface area contributed by atoms with Gasteiger partial charge in [-0.2, -0.15) is 0 Å². The van der Waals surface area contributed by atoms with Crippen molar-refractivity contribution in [3.8, 4) is 0 Å². The minimum Gasteiger partial charge on any atom is -0.377 e. The monoisotopic (exact) mass is 860 g/mol. The van der Waals surface area contributed by atoms with Crippen molar-refractivity contribution in [2.24, 2.45) is 11.8 Å². The lowest BCUT2D eigenvalue weighted by Crippen LogP contribution is -2.43. The predicted octanol–water partition coefficient (Wildman–Crippen LogP) is 7.77. The van der Waals surface area contributed by atoms with Crippen molar-refractivity contribution in [3.63, 3.8) is 0 Å². The third-order valence-electron chi connectivity index (χ3n) is 13.8. The van der Waals surface area contributed by atoms with E-state index < -0.39 is 11.8 Å². The van der Waals surface area contributed by atoms with Crippen molar-refractivity contribution in [3.05, 3.63) is 107 Å². The van der Waals surface area contributed by atoms with Crippen LogP contribution in [-0.4, -0.2) is 96.9 Å². The molecule has 2 saturated carbocycles. The number of rotatable bonds is 23. The van der Waals surface area contributed by atoms with Crippen LogP contribution in [0.5, 0.6) is 0 Å². The van der Waals surface area contributed by atoms with Crippen LogP contribution in [0.4, 0.5) is 0 Å². The quantitative estimate of drug-likeness (QED) is 0.0835. The number of ether oxygens (including phenoxy) is 1. The molecule has 2 aliphatic carbocycles. The molecule has 11 nitrogen and oxygen atoms in total. The zero-order chi connectivity index (χ0) is 44.1. The lowest BCUT2D eigenvalue weighted by atomic mass is 9.94. The van der Waals surface area contributed by atoms with E-state index in [0.717, 1.165) is 32.1 Å². The van der Waals surface area contributed by atoms with Crippen LogP contribution in [0.1, 0.15) is 147 Å². The summed E-state index contributed by atoms with van der Waals surface area (Å²) in [6.45, 7) is 3.18. The SMILES string of the molecule is CCCCCCCCCCCCCCC(=O)N[C@H]1CN(C(=O)c2ccc(C(=O)N3CC(C(=O)N[C@H]4C[C@@H]4c4ccccc4)[C@H](C(=O)N[C@H]4C[C@@H]4c4ccccc4)C3)cc2)C[C@@H]1OC. The molecular weight excluding hydrogens is 791 g/mol. The van der Waals surface area contributed by atoms with Gasteiger partial charge in [-0.15, -0.1) is 0 Å². The molecule has 1 unspecified atom stereocenters. The molecule has 0 radical (unpaired) electrons. The first-order valence-electron chi connectivity index (χ1n) is 24.0. The number of benzene rings is 3. The van der Waals surface area contributed by atoms with E-state index in [-0.39, 0.29) is 78.7 Å². The molecule has 3 aromatic rings. The van der Waals surface area contributed by atoms with Crippen LogP contribution in [0.3, 0.4) is 0 Å². The van der Waals surface area contributed by atoms with Crippen LogP contribution < -0.4 is 16.0 Å². The first-order chi connectivity index (χ1) is 30.7. The molecule has 2 aliphatic heterocycles. The van der Waals surface area contributed by atoms with E-state index in [1.165, 1.54) is 68.9 Å². The molecule has 3 aromatic carbocycles. The molecule has 4 aliphatic rings. The van der Waals surface area contributed by atoms with Crippen molar-refractivity contribution in [2.75, 3.05) is 33.3 Å². The lowest BCUT2D eigenvalue weighted by molar-refractivity contribution is -0.133. The van der Waals surface area contributed by atoms with Crippen LogP contribution in [-0.2, 0) is 19.1 Å². The van der Waals surface area contributed by atoms with Gasteiger partial charge in [-0.25, -0.2) is 0 Å². The van der Waals surface area contributed by atoms with Gasteiger partial charge in [0, 0.05) is 74.8 Å². The first-order valence-corrected chi connectivity index (χ1v) is 24.0. The number of unbranched alkanes of at least 4 members (excludes halogenated alkanes) is 11. The average molecular weight is 860 g/mol. The summed E-state index contributed by atoms with van der Waals surface area (Å²) >= 11 is 0. The summed E-state index contributed by atoms with van der Waals surface area (Å²) in [5, 5.41) is 9.50. The van der Waals surface area contributed by atoms with Gasteiger partial charge in [0.1, 0.15) is 0 Å². The number of carbonyl (C=O) groups is 5. The molecule has 3 N–H and O–H groups in total. The summed E-state index contributed by atoms with van der Waals surface area (Å²) in [4.78, 5) is 71.7. The highest BCUT2D eigenvalue weighted by Gasteiger charge is 2.49. The van der Waals surface area contributed by atoms with Gasteiger partial charge in [0.25, 0.3) is 11.8 Å². The molecule has 11 heteroatoms. The molecule has 63 heavy (non-hydrogen) atoms. The maximum Gasteiger partial charge on any atom is 0.254 e. The second kappa shape index (κ2) is 22.5. The number of nitrogens with one attached hydrogen (secondary N) is 3. The zero-order valence-corrected chi connectivity index (χ0v) is 37.5.